The standard InChI is InChI=1S/C36H49N3O4/c1-4-7-13-29-25-31-26-30(35(41)39-23-11-14-32(39)36(42)43)19-24-38(31)33(29)34(40)28-17-15-27(16-18-28)12-10-22-37(20-8-5-2)21-9-6-3/h15-19,24-26,32H,4-14,20-23H2,1-3H3,(H,42,43)/t32-/m0/s1. The average molecular weight is 588 g/mol. The molecule has 1 amide bonds. The molecule has 1 aromatic carbocycles. The van der Waals surface area contributed by atoms with E-state index in [9.17, 15) is 19.5 Å². The number of amides is 1. The van der Waals surface area contributed by atoms with E-state index < -0.39 is 12.0 Å². The molecule has 1 atom stereocenters. The molecule has 0 radical (unpaired) electrons. The van der Waals surface area contributed by atoms with Crippen LogP contribution in [0.5, 0.6) is 0 Å². The van der Waals surface area contributed by atoms with Gasteiger partial charge in [-0.25, -0.2) is 4.79 Å². The number of carbonyl (C=O) groups is 3. The zero-order chi connectivity index (χ0) is 30.8. The zero-order valence-corrected chi connectivity index (χ0v) is 26.3. The lowest BCUT2D eigenvalue weighted by Crippen LogP contribution is -2.40. The second-order valence-electron chi connectivity index (χ2n) is 12.0. The maximum absolute atomic E-state index is 13.9. The predicted octanol–water partition coefficient (Wildman–Crippen LogP) is 7.04. The lowest BCUT2D eigenvalue weighted by molar-refractivity contribution is -0.141. The largest absolute Gasteiger partial charge is 0.480 e. The summed E-state index contributed by atoms with van der Waals surface area (Å²) in [5.41, 5.74) is 4.76. The minimum Gasteiger partial charge on any atom is -0.480 e. The summed E-state index contributed by atoms with van der Waals surface area (Å²) in [5, 5.41) is 9.54. The SMILES string of the molecule is CCCCc1cc2cc(C(=O)N3CCC[C@H]3C(=O)O)ccn2c1C(=O)c1ccc(CCCN(CCCC)CCCC)cc1. The van der Waals surface area contributed by atoms with Crippen LogP contribution in [0.25, 0.3) is 5.52 Å². The molecule has 2 aromatic heterocycles. The fraction of sp³-hybridized carbons (Fsp3) is 0.528. The number of ketones is 1. The quantitative estimate of drug-likeness (QED) is 0.171. The normalized spacial score (nSPS) is 15.1. The molecule has 1 saturated heterocycles. The number of aryl methyl sites for hydroxylation is 2. The number of aliphatic carboxylic acids is 1. The first-order valence-corrected chi connectivity index (χ1v) is 16.4. The first-order valence-electron chi connectivity index (χ1n) is 16.4. The van der Waals surface area contributed by atoms with E-state index in [1.54, 1.807) is 18.3 Å². The van der Waals surface area contributed by atoms with Crippen LogP contribution in [0.3, 0.4) is 0 Å². The van der Waals surface area contributed by atoms with Gasteiger partial charge in [-0.2, -0.15) is 0 Å². The van der Waals surface area contributed by atoms with Crippen molar-refractivity contribution >= 4 is 23.2 Å². The minimum atomic E-state index is -0.962. The van der Waals surface area contributed by atoms with Gasteiger partial charge in [0, 0.05) is 29.4 Å². The highest BCUT2D eigenvalue weighted by molar-refractivity contribution is 6.10. The molecule has 1 fully saturated rings. The van der Waals surface area contributed by atoms with Crippen molar-refractivity contribution in [2.75, 3.05) is 26.2 Å². The van der Waals surface area contributed by atoms with Crippen LogP contribution in [0.4, 0.5) is 0 Å². The maximum Gasteiger partial charge on any atom is 0.326 e. The number of carboxylic acids is 1. The Morgan fingerprint density at radius 3 is 2.16 bits per heavy atom. The Bertz CT molecular complexity index is 1370. The van der Waals surface area contributed by atoms with Crippen molar-refractivity contribution in [2.45, 2.75) is 97.4 Å². The molecule has 1 aliphatic heterocycles. The molecule has 43 heavy (non-hydrogen) atoms. The Morgan fingerprint density at radius 2 is 1.51 bits per heavy atom. The van der Waals surface area contributed by atoms with Crippen LogP contribution in [-0.4, -0.2) is 69.2 Å². The monoisotopic (exact) mass is 587 g/mol. The topological polar surface area (TPSA) is 82.3 Å². The Morgan fingerprint density at radius 1 is 0.837 bits per heavy atom. The van der Waals surface area contributed by atoms with Crippen LogP contribution in [-0.2, 0) is 17.6 Å². The second-order valence-corrected chi connectivity index (χ2v) is 12.0. The van der Waals surface area contributed by atoms with Gasteiger partial charge in [0.1, 0.15) is 6.04 Å². The van der Waals surface area contributed by atoms with Crippen LogP contribution < -0.4 is 0 Å². The number of fused-ring (bicyclic) bond motifs is 1. The van der Waals surface area contributed by atoms with Crippen LogP contribution >= 0.6 is 0 Å². The molecule has 7 heteroatoms. The highest BCUT2D eigenvalue weighted by Crippen LogP contribution is 2.26. The molecule has 3 aromatic rings. The van der Waals surface area contributed by atoms with Crippen molar-refractivity contribution < 1.29 is 19.5 Å². The molecule has 7 nitrogen and oxygen atoms in total. The molecule has 4 rings (SSSR count). The van der Waals surface area contributed by atoms with Crippen LogP contribution in [0.2, 0.25) is 0 Å². The van der Waals surface area contributed by atoms with Gasteiger partial charge in [-0.1, -0.05) is 64.3 Å². The number of hydrogen-bond donors (Lipinski definition) is 1. The molecule has 0 aliphatic carbocycles. The van der Waals surface area contributed by atoms with Gasteiger partial charge < -0.3 is 19.3 Å². The lowest BCUT2D eigenvalue weighted by atomic mass is 10.00. The van der Waals surface area contributed by atoms with E-state index in [0.29, 0.717) is 36.2 Å². The van der Waals surface area contributed by atoms with Gasteiger partial charge in [0.15, 0.2) is 0 Å². The number of nitrogens with zero attached hydrogens (tertiary/aromatic N) is 3. The van der Waals surface area contributed by atoms with Crippen LogP contribution in [0.1, 0.15) is 116 Å². The van der Waals surface area contributed by atoms with Crippen molar-refractivity contribution in [1.29, 1.82) is 0 Å². The third-order valence-electron chi connectivity index (χ3n) is 8.72. The molecular formula is C36H49N3O4. The van der Waals surface area contributed by atoms with Gasteiger partial charge in [-0.3, -0.25) is 9.59 Å². The third kappa shape index (κ3) is 8.14. The highest BCUT2D eigenvalue weighted by atomic mass is 16.4. The van der Waals surface area contributed by atoms with Crippen LogP contribution in [0.15, 0.2) is 48.7 Å². The smallest absolute Gasteiger partial charge is 0.326 e. The van der Waals surface area contributed by atoms with E-state index in [4.69, 9.17) is 0 Å². The maximum atomic E-state index is 13.9. The van der Waals surface area contributed by atoms with Crippen molar-refractivity contribution in [3.8, 4) is 0 Å². The molecule has 3 heterocycles. The molecule has 1 N–H and O–H groups in total. The number of unbranched alkanes of at least 4 members (excludes halogenated alkanes) is 3. The van der Waals surface area contributed by atoms with Crippen molar-refractivity contribution in [2.24, 2.45) is 0 Å². The predicted molar refractivity (Wildman–Crippen MR) is 172 cm³/mol. The number of benzene rings is 1. The first-order chi connectivity index (χ1) is 20.9. The van der Waals surface area contributed by atoms with E-state index >= 15 is 0 Å². The molecule has 232 valence electrons. The molecule has 1 aliphatic rings. The van der Waals surface area contributed by atoms with Gasteiger partial charge in [-0.05, 0) is 100 Å². The lowest BCUT2D eigenvalue weighted by Gasteiger charge is -2.21. The molecule has 0 saturated carbocycles. The van der Waals surface area contributed by atoms with Gasteiger partial charge in [0.2, 0.25) is 5.78 Å². The minimum absolute atomic E-state index is 0.0208. The summed E-state index contributed by atoms with van der Waals surface area (Å²) < 4.78 is 1.89. The molecule has 0 spiro atoms. The third-order valence-corrected chi connectivity index (χ3v) is 8.72. The Hall–Kier alpha value is -3.45. The van der Waals surface area contributed by atoms with Crippen molar-refractivity contribution in [1.82, 2.24) is 14.2 Å². The van der Waals surface area contributed by atoms with Gasteiger partial charge in [0.05, 0.1) is 5.69 Å². The number of pyridine rings is 1. The number of hydrogen-bond acceptors (Lipinski definition) is 4. The van der Waals surface area contributed by atoms with Crippen molar-refractivity contribution in [3.05, 3.63) is 76.6 Å². The van der Waals surface area contributed by atoms with E-state index in [1.807, 2.05) is 22.6 Å². The summed E-state index contributed by atoms with van der Waals surface area (Å²) in [5.74, 6) is -1.25. The van der Waals surface area contributed by atoms with E-state index in [2.05, 4.69) is 37.8 Å². The Labute approximate surface area is 256 Å². The zero-order valence-electron chi connectivity index (χ0n) is 26.3. The second kappa shape index (κ2) is 15.9. The van der Waals surface area contributed by atoms with Gasteiger partial charge in [0.25, 0.3) is 5.91 Å². The number of carbonyl (C=O) groups excluding carboxylic acids is 2. The highest BCUT2D eigenvalue weighted by Gasteiger charge is 2.34. The van der Waals surface area contributed by atoms with Gasteiger partial charge >= 0.3 is 5.97 Å². The van der Waals surface area contributed by atoms with Gasteiger partial charge in [-0.15, -0.1) is 0 Å². The fourth-order valence-corrected chi connectivity index (χ4v) is 6.18. The Kier molecular flexibility index (Phi) is 12.0. The summed E-state index contributed by atoms with van der Waals surface area (Å²) in [4.78, 5) is 42.8. The summed E-state index contributed by atoms with van der Waals surface area (Å²) in [6.45, 7) is 10.5. The summed E-state index contributed by atoms with van der Waals surface area (Å²) in [6, 6.07) is 12.8. The summed E-state index contributed by atoms with van der Waals surface area (Å²) in [6.07, 6.45) is 12.7. The Balaban J connectivity index is 1.50. The summed E-state index contributed by atoms with van der Waals surface area (Å²) >= 11 is 0. The molecular weight excluding hydrogens is 538 g/mol. The number of rotatable bonds is 17. The molecule has 0 bridgehead atoms. The summed E-state index contributed by atoms with van der Waals surface area (Å²) in [7, 11) is 0. The van der Waals surface area contributed by atoms with E-state index in [-0.39, 0.29) is 11.7 Å². The number of aromatic nitrogens is 1. The average Bonchev–Trinajstić information content (AvgIpc) is 3.65. The van der Waals surface area contributed by atoms with E-state index in [1.165, 1.54) is 49.2 Å². The fourth-order valence-electron chi connectivity index (χ4n) is 6.18. The van der Waals surface area contributed by atoms with Crippen LogP contribution in [0, 0.1) is 0 Å². The van der Waals surface area contributed by atoms with E-state index in [0.717, 1.165) is 49.7 Å². The van der Waals surface area contributed by atoms with Crippen molar-refractivity contribution in [3.63, 3.8) is 0 Å². The number of carboxylic acid groups (broad SMARTS) is 1. The first kappa shape index (κ1) is 32.5. The molecule has 0 unspecified atom stereocenters. The number of likely N-dealkylation sites (tertiary alicyclic amines) is 1.